The Bertz CT molecular complexity index is 463. The highest BCUT2D eigenvalue weighted by atomic mass is 35.5. The van der Waals surface area contributed by atoms with Gasteiger partial charge in [0.05, 0.1) is 10.5 Å². The summed E-state index contributed by atoms with van der Waals surface area (Å²) in [5.74, 6) is -0.277. The Morgan fingerprint density at radius 2 is 2.12 bits per heavy atom. The van der Waals surface area contributed by atoms with E-state index in [0.29, 0.717) is 4.91 Å². The SMILES string of the molecule is CN(C)S/C(=C\N)C(=O)c1ccc(Cl)nc1Cl. The number of carbonyl (C=O) groups is 1. The predicted molar refractivity (Wildman–Crippen MR) is 72.1 cm³/mol. The molecule has 0 aliphatic carbocycles. The van der Waals surface area contributed by atoms with E-state index in [-0.39, 0.29) is 21.7 Å². The van der Waals surface area contributed by atoms with Gasteiger partial charge in [-0.25, -0.2) is 4.98 Å². The van der Waals surface area contributed by atoms with Gasteiger partial charge in [0.15, 0.2) is 0 Å². The van der Waals surface area contributed by atoms with Gasteiger partial charge in [-0.15, -0.1) is 0 Å². The molecule has 0 atom stereocenters. The van der Waals surface area contributed by atoms with Crippen molar-refractivity contribution < 1.29 is 4.79 Å². The van der Waals surface area contributed by atoms with Gasteiger partial charge in [-0.1, -0.05) is 23.2 Å². The van der Waals surface area contributed by atoms with Crippen molar-refractivity contribution in [3.05, 3.63) is 39.1 Å². The molecule has 7 heteroatoms. The molecule has 1 rings (SSSR count). The summed E-state index contributed by atoms with van der Waals surface area (Å²) in [4.78, 5) is 16.3. The second-order valence-electron chi connectivity index (χ2n) is 3.24. The van der Waals surface area contributed by atoms with Gasteiger partial charge >= 0.3 is 0 Å². The maximum absolute atomic E-state index is 12.1. The second kappa shape index (κ2) is 6.26. The molecular weight excluding hydrogens is 281 g/mol. The molecule has 0 saturated heterocycles. The number of hydrogen-bond acceptors (Lipinski definition) is 5. The summed E-state index contributed by atoms with van der Waals surface area (Å²) >= 11 is 12.7. The van der Waals surface area contributed by atoms with Crippen LogP contribution in [0.3, 0.4) is 0 Å². The summed E-state index contributed by atoms with van der Waals surface area (Å²) < 4.78 is 1.76. The first-order valence-corrected chi connectivity index (χ1v) is 6.12. The minimum absolute atomic E-state index is 0.0706. The van der Waals surface area contributed by atoms with Crippen molar-refractivity contribution in [3.63, 3.8) is 0 Å². The molecule has 0 aromatic carbocycles. The first-order valence-electron chi connectivity index (χ1n) is 4.59. The van der Waals surface area contributed by atoms with Crippen LogP contribution in [0.15, 0.2) is 23.2 Å². The van der Waals surface area contributed by atoms with Crippen molar-refractivity contribution in [3.8, 4) is 0 Å². The Hall–Kier alpha value is -0.750. The molecule has 1 aromatic rings. The molecule has 4 nitrogen and oxygen atoms in total. The number of rotatable bonds is 4. The number of Topliss-reactive ketones (excluding diaryl/α,β-unsaturated/α-hetero) is 1. The van der Waals surface area contributed by atoms with Gasteiger partial charge in [0.25, 0.3) is 0 Å². The molecule has 2 N–H and O–H groups in total. The van der Waals surface area contributed by atoms with Crippen LogP contribution in [0, 0.1) is 0 Å². The first-order chi connectivity index (χ1) is 7.95. The van der Waals surface area contributed by atoms with Gasteiger partial charge in [0, 0.05) is 6.20 Å². The number of aromatic nitrogens is 1. The van der Waals surface area contributed by atoms with Gasteiger partial charge in [-0.05, 0) is 38.2 Å². The number of carbonyl (C=O) groups excluding carboxylic acids is 1. The summed E-state index contributed by atoms with van der Waals surface area (Å²) in [7, 11) is 3.62. The third-order valence-corrected chi connectivity index (χ3v) is 3.10. The monoisotopic (exact) mass is 291 g/mol. The van der Waals surface area contributed by atoms with Crippen LogP contribution in [-0.2, 0) is 0 Å². The van der Waals surface area contributed by atoms with Gasteiger partial charge < -0.3 is 5.73 Å². The smallest absolute Gasteiger partial charge is 0.205 e. The molecule has 1 heterocycles. The topological polar surface area (TPSA) is 59.2 Å². The molecule has 0 saturated carbocycles. The van der Waals surface area contributed by atoms with E-state index in [2.05, 4.69) is 4.98 Å². The number of hydrogen-bond donors (Lipinski definition) is 1. The molecule has 0 amide bonds. The first kappa shape index (κ1) is 14.3. The van der Waals surface area contributed by atoms with Crippen molar-refractivity contribution >= 4 is 40.9 Å². The summed E-state index contributed by atoms with van der Waals surface area (Å²) in [5, 5.41) is 0.311. The molecule has 0 unspecified atom stereocenters. The van der Waals surface area contributed by atoms with Crippen LogP contribution in [0.1, 0.15) is 10.4 Å². The van der Waals surface area contributed by atoms with Crippen molar-refractivity contribution in [2.45, 2.75) is 0 Å². The Morgan fingerprint density at radius 3 is 2.59 bits per heavy atom. The second-order valence-corrected chi connectivity index (χ2v) is 5.33. The van der Waals surface area contributed by atoms with Gasteiger partial charge in [0.1, 0.15) is 10.3 Å². The maximum Gasteiger partial charge on any atom is 0.205 e. The normalized spacial score (nSPS) is 11.9. The predicted octanol–water partition coefficient (Wildman–Crippen LogP) is 2.58. The minimum atomic E-state index is -0.277. The molecule has 0 aliphatic rings. The number of pyridine rings is 1. The number of halogens is 2. The molecule has 92 valence electrons. The average Bonchev–Trinajstić information content (AvgIpc) is 2.24. The lowest BCUT2D eigenvalue weighted by atomic mass is 10.2. The molecular formula is C10H11Cl2N3OS. The number of nitrogens with zero attached hydrogens (tertiary/aromatic N) is 2. The lowest BCUT2D eigenvalue weighted by molar-refractivity contribution is 0.104. The van der Waals surface area contributed by atoms with Crippen LogP contribution >= 0.6 is 35.1 Å². The molecule has 0 spiro atoms. The Morgan fingerprint density at radius 1 is 1.47 bits per heavy atom. The van der Waals surface area contributed by atoms with Crippen molar-refractivity contribution in [2.24, 2.45) is 5.73 Å². The minimum Gasteiger partial charge on any atom is -0.404 e. The maximum atomic E-state index is 12.1. The summed E-state index contributed by atoms with van der Waals surface area (Å²) in [5.41, 5.74) is 5.70. The molecule has 17 heavy (non-hydrogen) atoms. The van der Waals surface area contributed by atoms with Crippen molar-refractivity contribution in [1.29, 1.82) is 0 Å². The number of allylic oxidation sites excluding steroid dienone is 1. The fourth-order valence-electron chi connectivity index (χ4n) is 1.06. The van der Waals surface area contributed by atoms with E-state index >= 15 is 0 Å². The zero-order valence-corrected chi connectivity index (χ0v) is 11.6. The van der Waals surface area contributed by atoms with Crippen molar-refractivity contribution in [2.75, 3.05) is 14.1 Å². The van der Waals surface area contributed by atoms with E-state index in [4.69, 9.17) is 28.9 Å². The zero-order valence-electron chi connectivity index (χ0n) is 9.28. The highest BCUT2D eigenvalue weighted by Crippen LogP contribution is 2.25. The Balaban J connectivity index is 3.03. The molecule has 0 aliphatic heterocycles. The van der Waals surface area contributed by atoms with Gasteiger partial charge in [0.2, 0.25) is 5.78 Å². The molecule has 0 bridgehead atoms. The van der Waals surface area contributed by atoms with Gasteiger partial charge in [-0.2, -0.15) is 0 Å². The van der Waals surface area contributed by atoms with E-state index < -0.39 is 0 Å². The molecule has 0 fully saturated rings. The Labute approximate surface area is 114 Å². The van der Waals surface area contributed by atoms with E-state index in [9.17, 15) is 4.79 Å². The van der Waals surface area contributed by atoms with E-state index in [1.54, 1.807) is 4.31 Å². The van der Waals surface area contributed by atoms with E-state index in [0.717, 1.165) is 0 Å². The average molecular weight is 292 g/mol. The fraction of sp³-hybridized carbons (Fsp3) is 0.200. The van der Waals surface area contributed by atoms with Crippen LogP contribution in [0.5, 0.6) is 0 Å². The van der Waals surface area contributed by atoms with E-state index in [1.807, 2.05) is 14.1 Å². The quantitative estimate of drug-likeness (QED) is 0.400. The number of ketones is 1. The standard InChI is InChI=1S/C10H11Cl2N3OS/c1-15(2)17-7(5-13)9(16)6-3-4-8(11)14-10(6)12/h3-5H,13H2,1-2H3/b7-5-. The highest BCUT2D eigenvalue weighted by Gasteiger charge is 2.17. The lowest BCUT2D eigenvalue weighted by Gasteiger charge is -2.11. The fourth-order valence-corrected chi connectivity index (χ4v) is 2.14. The Kier molecular flexibility index (Phi) is 5.27. The largest absolute Gasteiger partial charge is 0.404 e. The van der Waals surface area contributed by atoms with Crippen LogP contribution in [0.2, 0.25) is 10.3 Å². The molecule has 1 aromatic heterocycles. The van der Waals surface area contributed by atoms with Gasteiger partial charge in [-0.3, -0.25) is 9.10 Å². The summed E-state index contributed by atoms with van der Waals surface area (Å²) in [6.45, 7) is 0. The zero-order chi connectivity index (χ0) is 13.0. The third-order valence-electron chi connectivity index (χ3n) is 1.72. The molecule has 0 radical (unpaired) electrons. The highest BCUT2D eigenvalue weighted by molar-refractivity contribution is 8.01. The third kappa shape index (κ3) is 3.89. The van der Waals surface area contributed by atoms with Crippen LogP contribution in [-0.4, -0.2) is 29.2 Å². The summed E-state index contributed by atoms with van der Waals surface area (Å²) in [6.07, 6.45) is 1.25. The number of nitrogens with two attached hydrogens (primary N) is 1. The van der Waals surface area contributed by atoms with E-state index in [1.165, 1.54) is 30.3 Å². The summed E-state index contributed by atoms with van der Waals surface area (Å²) in [6, 6.07) is 3.04. The van der Waals surface area contributed by atoms with Crippen LogP contribution < -0.4 is 5.73 Å². The lowest BCUT2D eigenvalue weighted by Crippen LogP contribution is -2.10. The van der Waals surface area contributed by atoms with Crippen LogP contribution in [0.25, 0.3) is 0 Å². The van der Waals surface area contributed by atoms with Crippen LogP contribution in [0.4, 0.5) is 0 Å². The van der Waals surface area contributed by atoms with Crippen molar-refractivity contribution in [1.82, 2.24) is 9.29 Å².